The molecule has 89 valence electrons. The number of rotatable bonds is 2. The second-order valence-corrected chi connectivity index (χ2v) is 9.91. The van der Waals surface area contributed by atoms with Gasteiger partial charge in [-0.05, 0) is 0 Å². The van der Waals surface area contributed by atoms with E-state index in [2.05, 4.69) is 52.5 Å². The molecular formula is C13H23GeOSi. The van der Waals surface area contributed by atoms with E-state index in [0.717, 1.165) is 0 Å². The average molecular weight is 296 g/mol. The Morgan fingerprint density at radius 3 is 1.69 bits per heavy atom. The Labute approximate surface area is 109 Å². The molecule has 3 heteroatoms. The molecule has 1 aromatic carbocycles. The maximum atomic E-state index is 5.25. The van der Waals surface area contributed by atoms with E-state index in [1.165, 1.54) is 21.1 Å². The molecule has 0 spiro atoms. The smallest absolute Gasteiger partial charge is 0.0379 e. The molecule has 0 fully saturated rings. The van der Waals surface area contributed by atoms with Crippen molar-refractivity contribution < 1.29 is 3.76 Å². The van der Waals surface area contributed by atoms with Crippen LogP contribution in [0, 0.1) is 20.8 Å². The van der Waals surface area contributed by atoms with E-state index in [9.17, 15) is 0 Å². The SMILES string of the molecule is C[O][Ge][c]1c(C)cc(C)cc1C.C[Si](C)C. The van der Waals surface area contributed by atoms with Crippen LogP contribution in [0.2, 0.25) is 19.6 Å². The van der Waals surface area contributed by atoms with Gasteiger partial charge in [-0.25, -0.2) is 0 Å². The van der Waals surface area contributed by atoms with Crippen molar-refractivity contribution in [3.63, 3.8) is 0 Å². The largest absolute Gasteiger partial charge is 0.0715 e. The second-order valence-electron chi connectivity index (χ2n) is 4.58. The summed E-state index contributed by atoms with van der Waals surface area (Å²) in [7, 11) is 1.91. The summed E-state index contributed by atoms with van der Waals surface area (Å²) in [5.74, 6) is 0. The summed E-state index contributed by atoms with van der Waals surface area (Å²) in [6.07, 6.45) is 0. The Bertz CT molecular complexity index is 298. The molecular weight excluding hydrogens is 273 g/mol. The van der Waals surface area contributed by atoms with Gasteiger partial charge in [-0.3, -0.25) is 0 Å². The van der Waals surface area contributed by atoms with Gasteiger partial charge < -0.3 is 0 Å². The van der Waals surface area contributed by atoms with E-state index in [1.54, 1.807) is 7.11 Å². The van der Waals surface area contributed by atoms with Crippen molar-refractivity contribution in [2.24, 2.45) is 0 Å². The van der Waals surface area contributed by atoms with Crippen molar-refractivity contribution in [2.75, 3.05) is 7.11 Å². The summed E-state index contributed by atoms with van der Waals surface area (Å²) in [4.78, 5) is 0. The van der Waals surface area contributed by atoms with Crippen molar-refractivity contribution in [3.8, 4) is 0 Å². The van der Waals surface area contributed by atoms with Gasteiger partial charge >= 0.3 is 80.6 Å². The zero-order chi connectivity index (χ0) is 12.7. The van der Waals surface area contributed by atoms with Crippen molar-refractivity contribution in [1.29, 1.82) is 0 Å². The molecule has 0 aliphatic rings. The molecule has 16 heavy (non-hydrogen) atoms. The predicted octanol–water partition coefficient (Wildman–Crippen LogP) is 2.87. The van der Waals surface area contributed by atoms with Crippen LogP contribution in [0.3, 0.4) is 0 Å². The van der Waals surface area contributed by atoms with Crippen LogP contribution in [0.25, 0.3) is 0 Å². The normalized spacial score (nSPS) is 10.0. The molecule has 1 nitrogen and oxygen atoms in total. The second kappa shape index (κ2) is 8.09. The quantitative estimate of drug-likeness (QED) is 0.763. The molecule has 0 bridgehead atoms. The van der Waals surface area contributed by atoms with Gasteiger partial charge in [0.05, 0.1) is 0 Å². The van der Waals surface area contributed by atoms with Gasteiger partial charge in [0.2, 0.25) is 0 Å². The van der Waals surface area contributed by atoms with Crippen LogP contribution in [-0.4, -0.2) is 31.7 Å². The van der Waals surface area contributed by atoms with E-state index in [0.29, 0.717) is 0 Å². The molecule has 1 rings (SSSR count). The van der Waals surface area contributed by atoms with Gasteiger partial charge in [0.25, 0.3) is 0 Å². The molecule has 3 radical (unpaired) electrons. The number of hydrogen-bond donors (Lipinski definition) is 0. The molecule has 0 saturated carbocycles. The molecule has 0 amide bonds. The van der Waals surface area contributed by atoms with Crippen LogP contribution < -0.4 is 4.40 Å². The Balaban J connectivity index is 0.000000487. The predicted molar refractivity (Wildman–Crippen MR) is 76.4 cm³/mol. The first-order valence-electron chi connectivity index (χ1n) is 5.52. The van der Waals surface area contributed by atoms with Gasteiger partial charge in [-0.1, -0.05) is 19.6 Å². The zero-order valence-electron chi connectivity index (χ0n) is 11.6. The van der Waals surface area contributed by atoms with Crippen molar-refractivity contribution in [2.45, 2.75) is 40.4 Å². The Morgan fingerprint density at radius 1 is 1.00 bits per heavy atom. The molecule has 0 atom stereocenters. The summed E-state index contributed by atoms with van der Waals surface area (Å²) in [5, 5.41) is 0. The summed E-state index contributed by atoms with van der Waals surface area (Å²) in [5.41, 5.74) is 4.11. The summed E-state index contributed by atoms with van der Waals surface area (Å²) < 4.78 is 6.70. The molecule has 1 aromatic rings. The van der Waals surface area contributed by atoms with Gasteiger partial charge in [0, 0.05) is 8.80 Å². The maximum absolute atomic E-state index is 5.25. The number of aryl methyl sites for hydroxylation is 3. The number of hydrogen-bond acceptors (Lipinski definition) is 1. The van der Waals surface area contributed by atoms with Gasteiger partial charge in [-0.15, -0.1) is 0 Å². The monoisotopic (exact) mass is 297 g/mol. The van der Waals surface area contributed by atoms with Crippen molar-refractivity contribution in [1.82, 2.24) is 0 Å². The third-order valence-electron chi connectivity index (χ3n) is 1.88. The zero-order valence-corrected chi connectivity index (χ0v) is 14.7. The minimum atomic E-state index is -0.355. The molecule has 0 unspecified atom stereocenters. The fourth-order valence-corrected chi connectivity index (χ4v) is 2.85. The van der Waals surface area contributed by atoms with E-state index in [1.807, 2.05) is 0 Å². The maximum Gasteiger partial charge on any atom is 0.0379 e. The van der Waals surface area contributed by atoms with Crippen LogP contribution in [0.1, 0.15) is 16.7 Å². The molecule has 0 heterocycles. The van der Waals surface area contributed by atoms with E-state index in [4.69, 9.17) is 3.76 Å². The van der Waals surface area contributed by atoms with Crippen LogP contribution in [0.15, 0.2) is 12.1 Å². The minimum absolute atomic E-state index is 0.120. The first-order chi connectivity index (χ1) is 7.38. The summed E-state index contributed by atoms with van der Waals surface area (Å²) in [6, 6.07) is 4.45. The van der Waals surface area contributed by atoms with Gasteiger partial charge in [-0.2, -0.15) is 0 Å². The standard InChI is InChI=1S/C10H14GeO.C3H9Si/c1-7-5-8(2)10(11-12-4)9(3)6-7;1-4(2)3/h5-6H,1-4H3;1-3H3. The molecule has 0 aromatic heterocycles. The molecule has 0 aliphatic heterocycles. The van der Waals surface area contributed by atoms with E-state index >= 15 is 0 Å². The fourth-order valence-electron chi connectivity index (χ4n) is 1.44. The van der Waals surface area contributed by atoms with Crippen LogP contribution in [0.5, 0.6) is 0 Å². The first kappa shape index (κ1) is 15.9. The third kappa shape index (κ3) is 6.51. The minimum Gasteiger partial charge on any atom is -0.0715 e. The van der Waals surface area contributed by atoms with E-state index in [-0.39, 0.29) is 24.6 Å². The summed E-state index contributed by atoms with van der Waals surface area (Å²) >= 11 is -0.355. The van der Waals surface area contributed by atoms with Crippen molar-refractivity contribution >= 4 is 29.0 Å². The summed E-state index contributed by atoms with van der Waals surface area (Å²) in [6.45, 7) is 13.3. The van der Waals surface area contributed by atoms with Gasteiger partial charge in [0.15, 0.2) is 0 Å². The fraction of sp³-hybridized carbons (Fsp3) is 0.538. The van der Waals surface area contributed by atoms with Crippen LogP contribution >= 0.6 is 0 Å². The molecule has 0 saturated heterocycles. The Hall–Kier alpha value is -0.0603. The van der Waals surface area contributed by atoms with Gasteiger partial charge in [0.1, 0.15) is 0 Å². The van der Waals surface area contributed by atoms with E-state index < -0.39 is 0 Å². The third-order valence-corrected chi connectivity index (χ3v) is 4.39. The van der Waals surface area contributed by atoms with Crippen LogP contribution in [-0.2, 0) is 3.76 Å². The Morgan fingerprint density at radius 2 is 1.38 bits per heavy atom. The Kier molecular flexibility index (Phi) is 8.06. The number of benzene rings is 1. The molecule has 0 N–H and O–H groups in total. The van der Waals surface area contributed by atoms with Crippen LogP contribution in [0.4, 0.5) is 0 Å². The first-order valence-corrected chi connectivity index (χ1v) is 10.4. The molecule has 0 aliphatic carbocycles. The average Bonchev–Trinajstić information content (AvgIpc) is 2.10. The van der Waals surface area contributed by atoms with Crippen molar-refractivity contribution in [3.05, 3.63) is 28.8 Å². The topological polar surface area (TPSA) is 9.23 Å².